The van der Waals surface area contributed by atoms with Crippen molar-refractivity contribution in [3.8, 4) is 55.5 Å². The summed E-state index contributed by atoms with van der Waals surface area (Å²) in [7, 11) is 0. The van der Waals surface area contributed by atoms with Crippen molar-refractivity contribution >= 4 is 54.1 Å². The van der Waals surface area contributed by atoms with Crippen LogP contribution in [0.3, 0.4) is 0 Å². The van der Waals surface area contributed by atoms with E-state index in [1.165, 1.54) is 42.4 Å². The van der Waals surface area contributed by atoms with Crippen LogP contribution in [0, 0.1) is 0 Å². The third-order valence-electron chi connectivity index (χ3n) is 9.54. The molecule has 0 aliphatic heterocycles. The van der Waals surface area contributed by atoms with Gasteiger partial charge in [0.15, 0.2) is 5.82 Å². The summed E-state index contributed by atoms with van der Waals surface area (Å²) in [6.07, 6.45) is 0. The van der Waals surface area contributed by atoms with Gasteiger partial charge in [-0.2, -0.15) is 0 Å². The van der Waals surface area contributed by atoms with Gasteiger partial charge >= 0.3 is 0 Å². The highest BCUT2D eigenvalue weighted by Gasteiger charge is 2.17. The normalized spacial score (nSPS) is 11.6. The summed E-state index contributed by atoms with van der Waals surface area (Å²) in [5, 5.41) is 5.89. The Morgan fingerprint density at radius 2 is 1.00 bits per heavy atom. The zero-order chi connectivity index (χ0) is 33.0. The first-order valence-corrected chi connectivity index (χ1v) is 17.5. The van der Waals surface area contributed by atoms with E-state index in [-0.39, 0.29) is 0 Å². The fourth-order valence-electron chi connectivity index (χ4n) is 7.01. The lowest BCUT2D eigenvalue weighted by Gasteiger charge is -2.11. The molecule has 0 fully saturated rings. The molecule has 0 atom stereocenters. The van der Waals surface area contributed by atoms with Gasteiger partial charge in [0, 0.05) is 31.5 Å². The molecular weight excluding hydrogens is 629 g/mol. The van der Waals surface area contributed by atoms with Gasteiger partial charge in [0.2, 0.25) is 0 Å². The Labute approximate surface area is 292 Å². The first-order chi connectivity index (χ1) is 24.7. The maximum atomic E-state index is 6.44. The van der Waals surface area contributed by atoms with Crippen molar-refractivity contribution in [3.05, 3.63) is 170 Å². The number of rotatable bonds is 5. The highest BCUT2D eigenvalue weighted by molar-refractivity contribution is 7.22. The van der Waals surface area contributed by atoms with Crippen molar-refractivity contribution in [2.24, 2.45) is 0 Å². The van der Waals surface area contributed by atoms with E-state index in [4.69, 9.17) is 14.4 Å². The van der Waals surface area contributed by atoms with Gasteiger partial charge in [-0.3, -0.25) is 0 Å². The second-order valence-corrected chi connectivity index (χ2v) is 13.7. The van der Waals surface area contributed by atoms with Gasteiger partial charge in [0.05, 0.1) is 17.0 Å². The van der Waals surface area contributed by atoms with Gasteiger partial charge in [-0.1, -0.05) is 140 Å². The van der Waals surface area contributed by atoms with Crippen molar-refractivity contribution < 1.29 is 4.42 Å². The highest BCUT2D eigenvalue weighted by atomic mass is 32.1. The lowest BCUT2D eigenvalue weighted by molar-refractivity contribution is 0.669. The molecule has 10 aromatic rings. The molecule has 4 heteroatoms. The van der Waals surface area contributed by atoms with Gasteiger partial charge in [0.25, 0.3) is 0 Å². The van der Waals surface area contributed by atoms with E-state index < -0.39 is 0 Å². The molecule has 0 bridgehead atoms. The van der Waals surface area contributed by atoms with Gasteiger partial charge in [-0.05, 0) is 63.2 Å². The lowest BCUT2D eigenvalue weighted by atomic mass is 9.97. The van der Waals surface area contributed by atoms with Crippen LogP contribution in [0.25, 0.3) is 98.3 Å². The number of thiophene rings is 1. The summed E-state index contributed by atoms with van der Waals surface area (Å²) in [5.41, 5.74) is 9.88. The zero-order valence-electron chi connectivity index (χ0n) is 26.9. The predicted molar refractivity (Wildman–Crippen MR) is 209 cm³/mol. The fourth-order valence-corrected chi connectivity index (χ4v) is 8.08. The van der Waals surface area contributed by atoms with E-state index in [9.17, 15) is 0 Å². The summed E-state index contributed by atoms with van der Waals surface area (Å²) in [5.74, 6) is 0.633. The number of aromatic nitrogens is 2. The van der Waals surface area contributed by atoms with Crippen molar-refractivity contribution in [1.82, 2.24) is 9.97 Å². The molecule has 50 heavy (non-hydrogen) atoms. The quantitative estimate of drug-likeness (QED) is 0.185. The van der Waals surface area contributed by atoms with Crippen LogP contribution < -0.4 is 0 Å². The van der Waals surface area contributed by atoms with Crippen LogP contribution in [0.5, 0.6) is 0 Å². The molecule has 0 spiro atoms. The second-order valence-electron chi connectivity index (χ2n) is 12.6. The fraction of sp³-hybridized carbons (Fsp3) is 0. The Hall–Kier alpha value is -6.36. The molecule has 0 aliphatic rings. The number of hydrogen-bond donors (Lipinski definition) is 0. The summed E-state index contributed by atoms with van der Waals surface area (Å²) in [6.45, 7) is 0. The van der Waals surface area contributed by atoms with E-state index in [1.54, 1.807) is 0 Å². The minimum absolute atomic E-state index is 0.633. The van der Waals surface area contributed by atoms with E-state index in [1.807, 2.05) is 29.5 Å². The number of benzene rings is 7. The molecule has 0 N–H and O–H groups in total. The number of furan rings is 1. The third-order valence-corrected chi connectivity index (χ3v) is 10.7. The monoisotopic (exact) mass is 656 g/mol. The average Bonchev–Trinajstić information content (AvgIpc) is 3.80. The van der Waals surface area contributed by atoms with E-state index >= 15 is 0 Å². The molecule has 3 aromatic heterocycles. The summed E-state index contributed by atoms with van der Waals surface area (Å²) >= 11 is 1.82. The molecule has 7 aromatic carbocycles. The summed E-state index contributed by atoms with van der Waals surface area (Å²) < 4.78 is 7.73. The standard InChI is InChI=1S/C46H28N2OS/c1-3-12-35-29(9-1)11-7-14-36(35)30-19-21-31(22-20-30)40-28-41(32-23-25-33(26-24-32)44-27-34-10-2-6-18-43(34)50-44)48-46(47-40)39-16-8-15-38-37-13-4-5-17-42(37)49-45(38)39/h1-28H. The maximum Gasteiger partial charge on any atom is 0.164 e. The van der Waals surface area contributed by atoms with Gasteiger partial charge in [-0.25, -0.2) is 9.97 Å². The van der Waals surface area contributed by atoms with E-state index in [0.29, 0.717) is 5.82 Å². The third kappa shape index (κ3) is 4.89. The minimum atomic E-state index is 0.633. The molecule has 0 radical (unpaired) electrons. The Bertz CT molecular complexity index is 2830. The van der Waals surface area contributed by atoms with Crippen molar-refractivity contribution in [1.29, 1.82) is 0 Å². The Morgan fingerprint density at radius 1 is 0.420 bits per heavy atom. The van der Waals surface area contributed by atoms with Gasteiger partial charge in [-0.15, -0.1) is 11.3 Å². The van der Waals surface area contributed by atoms with Crippen LogP contribution in [0.1, 0.15) is 0 Å². The number of hydrogen-bond acceptors (Lipinski definition) is 4. The smallest absolute Gasteiger partial charge is 0.164 e. The van der Waals surface area contributed by atoms with Crippen molar-refractivity contribution in [2.75, 3.05) is 0 Å². The second kappa shape index (κ2) is 11.7. The first kappa shape index (κ1) is 28.6. The van der Waals surface area contributed by atoms with Crippen LogP contribution in [0.2, 0.25) is 0 Å². The average molecular weight is 657 g/mol. The molecule has 234 valence electrons. The zero-order valence-corrected chi connectivity index (χ0v) is 27.7. The lowest BCUT2D eigenvalue weighted by Crippen LogP contribution is -1.96. The van der Waals surface area contributed by atoms with E-state index in [2.05, 4.69) is 152 Å². The van der Waals surface area contributed by atoms with Crippen LogP contribution in [-0.2, 0) is 0 Å². The number of nitrogens with zero attached hydrogens (tertiary/aromatic N) is 2. The topological polar surface area (TPSA) is 38.9 Å². The molecule has 0 saturated carbocycles. The number of para-hydroxylation sites is 2. The van der Waals surface area contributed by atoms with Gasteiger partial charge in [0.1, 0.15) is 11.2 Å². The van der Waals surface area contributed by atoms with Crippen LogP contribution in [-0.4, -0.2) is 9.97 Å². The molecule has 3 heterocycles. The Morgan fingerprint density at radius 3 is 1.78 bits per heavy atom. The Kier molecular flexibility index (Phi) is 6.68. The molecule has 3 nitrogen and oxygen atoms in total. The van der Waals surface area contributed by atoms with E-state index in [0.717, 1.165) is 50.0 Å². The Balaban J connectivity index is 1.10. The summed E-state index contributed by atoms with van der Waals surface area (Å²) in [6, 6.07) is 59.7. The molecule has 10 rings (SSSR count). The van der Waals surface area contributed by atoms with Gasteiger partial charge < -0.3 is 4.42 Å². The highest BCUT2D eigenvalue weighted by Crippen LogP contribution is 2.38. The van der Waals surface area contributed by atoms with Crippen LogP contribution >= 0.6 is 11.3 Å². The summed E-state index contributed by atoms with van der Waals surface area (Å²) in [4.78, 5) is 11.6. The number of fused-ring (bicyclic) bond motifs is 5. The van der Waals surface area contributed by atoms with Crippen LogP contribution in [0.4, 0.5) is 0 Å². The molecule has 0 aliphatic carbocycles. The SMILES string of the molecule is c1ccc2sc(-c3ccc(-c4cc(-c5ccc(-c6cccc7ccccc67)cc5)nc(-c5cccc6c5oc5ccccc56)n4)cc3)cc2c1. The first-order valence-electron chi connectivity index (χ1n) is 16.7. The van der Waals surface area contributed by atoms with Crippen molar-refractivity contribution in [2.45, 2.75) is 0 Å². The predicted octanol–water partition coefficient (Wildman–Crippen LogP) is 13.1. The molecule has 0 amide bonds. The largest absolute Gasteiger partial charge is 0.455 e. The maximum absolute atomic E-state index is 6.44. The molecule has 0 unspecified atom stereocenters. The van der Waals surface area contributed by atoms with Crippen molar-refractivity contribution in [3.63, 3.8) is 0 Å². The van der Waals surface area contributed by atoms with Crippen LogP contribution in [0.15, 0.2) is 174 Å². The molecule has 0 saturated heterocycles. The minimum Gasteiger partial charge on any atom is -0.455 e. The molecular formula is C46H28N2OS.